The summed E-state index contributed by atoms with van der Waals surface area (Å²) in [7, 11) is 0. The van der Waals surface area contributed by atoms with E-state index in [1.54, 1.807) is 0 Å². The van der Waals surface area contributed by atoms with Crippen LogP contribution in [0.15, 0.2) is 138 Å². The highest BCUT2D eigenvalue weighted by atomic mass is 16.3. The van der Waals surface area contributed by atoms with E-state index >= 15 is 0 Å². The summed E-state index contributed by atoms with van der Waals surface area (Å²) in [5.41, 5.74) is 10.4. The number of nitrogens with zero attached hydrogens (tertiary/aromatic N) is 3. The Bertz CT molecular complexity index is 2540. The van der Waals surface area contributed by atoms with Crippen molar-refractivity contribution in [3.05, 3.63) is 139 Å². The van der Waals surface area contributed by atoms with Crippen molar-refractivity contribution in [1.29, 1.82) is 0 Å². The molecule has 0 saturated heterocycles. The molecular weight excluding hydrogens is 538 g/mol. The molecule has 4 heteroatoms. The van der Waals surface area contributed by atoms with Crippen LogP contribution in [0.25, 0.3) is 82.7 Å². The predicted octanol–water partition coefficient (Wildman–Crippen LogP) is 10.5. The second-order valence-electron chi connectivity index (χ2n) is 11.3. The maximum atomic E-state index is 6.51. The van der Waals surface area contributed by atoms with Crippen LogP contribution in [0.5, 0.6) is 0 Å². The minimum Gasteiger partial charge on any atom is -0.455 e. The number of hydrogen-bond acceptors (Lipinski definition) is 3. The van der Waals surface area contributed by atoms with E-state index in [4.69, 9.17) is 14.4 Å². The number of aryl methyl sites for hydroxylation is 1. The van der Waals surface area contributed by atoms with Gasteiger partial charge in [0.2, 0.25) is 0 Å². The monoisotopic (exact) mass is 565 g/mol. The van der Waals surface area contributed by atoms with Gasteiger partial charge in [-0.15, -0.1) is 0 Å². The Hall–Kier alpha value is -5.74. The highest BCUT2D eigenvalue weighted by molar-refractivity contribution is 6.24. The molecule has 0 aliphatic carbocycles. The van der Waals surface area contributed by atoms with Crippen molar-refractivity contribution in [2.75, 3.05) is 0 Å². The summed E-state index contributed by atoms with van der Waals surface area (Å²) in [5.74, 6) is 1.06. The van der Waals surface area contributed by atoms with E-state index < -0.39 is 0 Å². The van der Waals surface area contributed by atoms with E-state index in [1.165, 1.54) is 0 Å². The molecule has 9 aromatic rings. The molecular formula is C40H27N3O. The molecule has 9 rings (SSSR count). The fourth-order valence-corrected chi connectivity index (χ4v) is 6.69. The zero-order chi connectivity index (χ0) is 29.2. The van der Waals surface area contributed by atoms with Gasteiger partial charge in [-0.2, -0.15) is 0 Å². The number of rotatable bonds is 4. The number of aromatic nitrogens is 3. The van der Waals surface area contributed by atoms with E-state index in [0.717, 1.165) is 95.0 Å². The molecule has 0 unspecified atom stereocenters. The lowest BCUT2D eigenvalue weighted by atomic mass is 9.96. The third-order valence-electron chi connectivity index (χ3n) is 8.75. The van der Waals surface area contributed by atoms with Crippen molar-refractivity contribution in [3.8, 4) is 28.1 Å². The third-order valence-corrected chi connectivity index (χ3v) is 8.75. The van der Waals surface area contributed by atoms with E-state index in [0.29, 0.717) is 0 Å². The lowest BCUT2D eigenvalue weighted by molar-refractivity contribution is 0.673. The molecule has 0 aliphatic heterocycles. The highest BCUT2D eigenvalue weighted by Crippen LogP contribution is 2.41. The Labute approximate surface area is 253 Å². The van der Waals surface area contributed by atoms with Crippen molar-refractivity contribution < 1.29 is 4.42 Å². The van der Waals surface area contributed by atoms with Crippen LogP contribution >= 0.6 is 0 Å². The van der Waals surface area contributed by atoms with Crippen LogP contribution in [-0.2, 0) is 6.42 Å². The quantitative estimate of drug-likeness (QED) is 0.199. The SMILES string of the molecule is CCc1nc2ccccc2n1-c1ccc(-c2cccc(-c3nc4ccccc4c4c3ccc3c5ccccc5oc34)c2)cc1. The number of hydrogen-bond donors (Lipinski definition) is 0. The minimum atomic E-state index is 0.867. The average Bonchev–Trinajstić information content (AvgIpc) is 3.66. The molecule has 0 fully saturated rings. The van der Waals surface area contributed by atoms with Crippen LogP contribution in [0.3, 0.4) is 0 Å². The number of fused-ring (bicyclic) bond motifs is 8. The molecule has 6 aromatic carbocycles. The predicted molar refractivity (Wildman–Crippen MR) is 181 cm³/mol. The Morgan fingerprint density at radius 1 is 0.568 bits per heavy atom. The molecule has 0 aliphatic rings. The first-order valence-corrected chi connectivity index (χ1v) is 15.1. The summed E-state index contributed by atoms with van der Waals surface area (Å²) in [6.45, 7) is 2.15. The molecule has 0 amide bonds. The fourth-order valence-electron chi connectivity index (χ4n) is 6.69. The number of benzene rings is 6. The number of para-hydroxylation sites is 4. The molecule has 0 saturated carbocycles. The molecule has 0 bridgehead atoms. The van der Waals surface area contributed by atoms with Gasteiger partial charge in [0, 0.05) is 44.6 Å². The van der Waals surface area contributed by atoms with Crippen molar-refractivity contribution in [2.24, 2.45) is 0 Å². The molecule has 3 aromatic heterocycles. The summed E-state index contributed by atoms with van der Waals surface area (Å²) < 4.78 is 8.77. The summed E-state index contributed by atoms with van der Waals surface area (Å²) >= 11 is 0. The Morgan fingerprint density at radius 3 is 2.16 bits per heavy atom. The third kappa shape index (κ3) is 3.71. The van der Waals surface area contributed by atoms with Crippen LogP contribution < -0.4 is 0 Å². The number of imidazole rings is 1. The van der Waals surface area contributed by atoms with Gasteiger partial charge in [0.05, 0.1) is 22.2 Å². The molecule has 4 nitrogen and oxygen atoms in total. The van der Waals surface area contributed by atoms with Crippen LogP contribution in [0, 0.1) is 0 Å². The maximum absolute atomic E-state index is 6.51. The summed E-state index contributed by atoms with van der Waals surface area (Å²) in [6, 6.07) is 46.8. The average molecular weight is 566 g/mol. The Kier molecular flexibility index (Phi) is 5.44. The molecule has 0 radical (unpaired) electrons. The largest absolute Gasteiger partial charge is 0.455 e. The molecule has 44 heavy (non-hydrogen) atoms. The molecule has 0 N–H and O–H groups in total. The summed E-state index contributed by atoms with van der Waals surface area (Å²) in [6.07, 6.45) is 0.867. The zero-order valence-electron chi connectivity index (χ0n) is 24.2. The molecule has 3 heterocycles. The lowest BCUT2D eigenvalue weighted by Crippen LogP contribution is -1.99. The highest BCUT2D eigenvalue weighted by Gasteiger charge is 2.17. The van der Waals surface area contributed by atoms with Gasteiger partial charge in [0.1, 0.15) is 17.0 Å². The van der Waals surface area contributed by atoms with Gasteiger partial charge in [-0.25, -0.2) is 9.97 Å². The number of pyridine rings is 1. The summed E-state index contributed by atoms with van der Waals surface area (Å²) in [4.78, 5) is 10.1. The van der Waals surface area contributed by atoms with Gasteiger partial charge in [0.15, 0.2) is 0 Å². The Morgan fingerprint density at radius 2 is 1.30 bits per heavy atom. The van der Waals surface area contributed by atoms with Gasteiger partial charge in [0.25, 0.3) is 0 Å². The normalized spacial score (nSPS) is 11.8. The first-order chi connectivity index (χ1) is 21.8. The first kappa shape index (κ1) is 24.8. The van der Waals surface area contributed by atoms with E-state index in [-0.39, 0.29) is 0 Å². The van der Waals surface area contributed by atoms with Gasteiger partial charge in [-0.1, -0.05) is 91.9 Å². The van der Waals surface area contributed by atoms with Gasteiger partial charge >= 0.3 is 0 Å². The number of furan rings is 1. The smallest absolute Gasteiger partial charge is 0.144 e. The van der Waals surface area contributed by atoms with Crippen LogP contribution in [-0.4, -0.2) is 14.5 Å². The van der Waals surface area contributed by atoms with Crippen molar-refractivity contribution in [2.45, 2.75) is 13.3 Å². The van der Waals surface area contributed by atoms with Crippen LogP contribution in [0.4, 0.5) is 0 Å². The van der Waals surface area contributed by atoms with Crippen LogP contribution in [0.2, 0.25) is 0 Å². The van der Waals surface area contributed by atoms with E-state index in [2.05, 4.69) is 127 Å². The van der Waals surface area contributed by atoms with Crippen molar-refractivity contribution in [3.63, 3.8) is 0 Å². The molecule has 208 valence electrons. The Balaban J connectivity index is 1.20. The van der Waals surface area contributed by atoms with E-state index in [9.17, 15) is 0 Å². The zero-order valence-corrected chi connectivity index (χ0v) is 24.2. The van der Waals surface area contributed by atoms with Crippen LogP contribution in [0.1, 0.15) is 12.7 Å². The van der Waals surface area contributed by atoms with E-state index in [1.807, 2.05) is 18.2 Å². The standard InChI is InChI=1S/C40H27N3O/c1-2-37-41-34-15-6-7-16-35(34)43(37)28-20-18-25(19-21-28)26-10-9-11-27(24-26)39-32-23-22-30-29-12-4-8-17-36(29)44-40(30)38(32)31-13-3-5-14-33(31)42-39/h3-24H,2H2,1H3. The van der Waals surface area contributed by atoms with Crippen molar-refractivity contribution in [1.82, 2.24) is 14.5 Å². The second-order valence-corrected chi connectivity index (χ2v) is 11.3. The molecule has 0 spiro atoms. The van der Waals surface area contributed by atoms with Gasteiger partial charge < -0.3 is 4.42 Å². The van der Waals surface area contributed by atoms with Gasteiger partial charge in [-0.3, -0.25) is 4.57 Å². The second kappa shape index (κ2) is 9.65. The lowest BCUT2D eigenvalue weighted by Gasteiger charge is -2.12. The minimum absolute atomic E-state index is 0.867. The topological polar surface area (TPSA) is 43.9 Å². The summed E-state index contributed by atoms with van der Waals surface area (Å²) in [5, 5.41) is 5.55. The fraction of sp³-hybridized carbons (Fsp3) is 0.0500. The van der Waals surface area contributed by atoms with Gasteiger partial charge in [-0.05, 0) is 59.7 Å². The van der Waals surface area contributed by atoms with Crippen molar-refractivity contribution >= 4 is 54.6 Å². The first-order valence-electron chi connectivity index (χ1n) is 15.1. The maximum Gasteiger partial charge on any atom is 0.144 e. The molecule has 0 atom stereocenters.